The van der Waals surface area contributed by atoms with E-state index in [2.05, 4.69) is 10.3 Å². The molecule has 0 aliphatic carbocycles. The molecule has 1 radical (unpaired) electrons. The first-order valence-corrected chi connectivity index (χ1v) is 2.09. The van der Waals surface area contributed by atoms with E-state index < -0.39 is 0 Å². The Morgan fingerprint density at radius 1 is 1.29 bits per heavy atom. The van der Waals surface area contributed by atoms with Gasteiger partial charge in [0.05, 0.1) is 11.2 Å². The predicted octanol–water partition coefficient (Wildman–Crippen LogP) is -0.0189. The smallest absolute Gasteiger partial charge is 0.258 e. The Hall–Kier alpha value is -1.05. The molecule has 0 aromatic rings. The van der Waals surface area contributed by atoms with Gasteiger partial charge in [0, 0.05) is 12.3 Å². The zero-order valence-electron chi connectivity index (χ0n) is 3.83. The quantitative estimate of drug-likeness (QED) is 0.448. The van der Waals surface area contributed by atoms with Crippen LogP contribution in [0.15, 0.2) is 24.7 Å². The van der Waals surface area contributed by atoms with Gasteiger partial charge in [-0.25, -0.2) is 0 Å². The molecule has 0 saturated carbocycles. The molecule has 2 heteroatoms. The summed E-state index contributed by atoms with van der Waals surface area (Å²) in [5, 5.41) is 2.86. The molecule has 1 rings (SSSR count). The highest BCUT2D eigenvalue weighted by atomic mass is 14.8. The molecule has 0 bridgehead atoms. The van der Waals surface area contributed by atoms with Gasteiger partial charge in [-0.05, 0) is 0 Å². The molecule has 1 aliphatic heterocycles. The average molecular weight is 94.1 g/mol. The summed E-state index contributed by atoms with van der Waals surface area (Å²) in [7, 11) is 0. The van der Waals surface area contributed by atoms with Crippen molar-refractivity contribution >= 4 is 6.21 Å². The van der Waals surface area contributed by atoms with Gasteiger partial charge in [0.15, 0.2) is 0 Å². The SMILES string of the molecule is C1=CNC=C[N+]=C1. The Morgan fingerprint density at radius 2 is 2.29 bits per heavy atom. The van der Waals surface area contributed by atoms with Crippen molar-refractivity contribution in [2.24, 2.45) is 0 Å². The lowest BCUT2D eigenvalue weighted by Gasteiger charge is -1.74. The van der Waals surface area contributed by atoms with E-state index >= 15 is 0 Å². The first-order valence-electron chi connectivity index (χ1n) is 2.09. The van der Waals surface area contributed by atoms with Crippen LogP contribution in [0.4, 0.5) is 0 Å². The van der Waals surface area contributed by atoms with E-state index in [9.17, 15) is 0 Å². The van der Waals surface area contributed by atoms with Crippen LogP contribution in [0.25, 0.3) is 0 Å². The third-order valence-electron chi connectivity index (χ3n) is 0.621. The van der Waals surface area contributed by atoms with Gasteiger partial charge in [0.1, 0.15) is 0 Å². The Morgan fingerprint density at radius 3 is 3.29 bits per heavy atom. The lowest BCUT2D eigenvalue weighted by molar-refractivity contribution is 1.18. The van der Waals surface area contributed by atoms with Crippen LogP contribution in [0.2, 0.25) is 0 Å². The summed E-state index contributed by atoms with van der Waals surface area (Å²) in [6.07, 6.45) is 8.82. The summed E-state index contributed by atoms with van der Waals surface area (Å²) < 4.78 is 0. The molecule has 1 heterocycles. The van der Waals surface area contributed by atoms with Crippen LogP contribution >= 0.6 is 0 Å². The van der Waals surface area contributed by atoms with E-state index in [1.807, 2.05) is 12.3 Å². The molecule has 0 spiro atoms. The van der Waals surface area contributed by atoms with Crippen molar-refractivity contribution in [2.75, 3.05) is 0 Å². The normalized spacial score (nSPS) is 16.0. The lowest BCUT2D eigenvalue weighted by Crippen LogP contribution is -1.88. The zero-order chi connectivity index (χ0) is 4.95. The van der Waals surface area contributed by atoms with Gasteiger partial charge in [-0.2, -0.15) is 0 Å². The van der Waals surface area contributed by atoms with E-state index in [0.717, 1.165) is 0 Å². The van der Waals surface area contributed by atoms with Crippen LogP contribution in [-0.4, -0.2) is 6.21 Å². The van der Waals surface area contributed by atoms with Crippen molar-refractivity contribution in [1.82, 2.24) is 10.3 Å². The number of nitrogens with zero attached hydrogens (tertiary/aromatic N) is 1. The van der Waals surface area contributed by atoms with Crippen molar-refractivity contribution in [2.45, 2.75) is 0 Å². The second-order valence-corrected chi connectivity index (χ2v) is 1.14. The first kappa shape index (κ1) is 4.12. The number of allylic oxidation sites excluding steroid dienone is 1. The van der Waals surface area contributed by atoms with Crippen molar-refractivity contribution < 1.29 is 0 Å². The van der Waals surface area contributed by atoms with Crippen LogP contribution in [0.5, 0.6) is 0 Å². The van der Waals surface area contributed by atoms with E-state index in [4.69, 9.17) is 0 Å². The molecule has 35 valence electrons. The Kier molecular flexibility index (Phi) is 1.28. The van der Waals surface area contributed by atoms with Crippen LogP contribution in [0.1, 0.15) is 0 Å². The van der Waals surface area contributed by atoms with Gasteiger partial charge in [0.2, 0.25) is 6.21 Å². The number of hydrogen-bond acceptors (Lipinski definition) is 2. The maximum atomic E-state index is 3.82. The fourth-order valence-corrected chi connectivity index (χ4v) is 0.340. The molecule has 0 amide bonds. The van der Waals surface area contributed by atoms with Gasteiger partial charge in [-0.3, -0.25) is 0 Å². The lowest BCUT2D eigenvalue weighted by atomic mass is 10.7. The van der Waals surface area contributed by atoms with Crippen molar-refractivity contribution in [3.05, 3.63) is 24.7 Å². The molecule has 7 heavy (non-hydrogen) atoms. The number of rotatable bonds is 0. The summed E-state index contributed by atoms with van der Waals surface area (Å²) in [4.78, 5) is 3.82. The molecule has 0 aromatic carbocycles. The number of aliphatic imine (C=N–C) groups is 1. The van der Waals surface area contributed by atoms with Crippen LogP contribution < -0.4 is 10.3 Å². The molecule has 0 atom stereocenters. The summed E-state index contributed by atoms with van der Waals surface area (Å²) in [5.41, 5.74) is 0. The maximum Gasteiger partial charge on any atom is 0.258 e. The van der Waals surface area contributed by atoms with E-state index in [1.165, 1.54) is 0 Å². The van der Waals surface area contributed by atoms with Crippen molar-refractivity contribution in [1.29, 1.82) is 0 Å². The zero-order valence-corrected chi connectivity index (χ0v) is 3.83. The monoisotopic (exact) mass is 94.1 g/mol. The second kappa shape index (κ2) is 2.18. The summed E-state index contributed by atoms with van der Waals surface area (Å²) in [6, 6.07) is 0. The molecule has 0 unspecified atom stereocenters. The van der Waals surface area contributed by atoms with Crippen molar-refractivity contribution in [3.8, 4) is 0 Å². The largest absolute Gasteiger partial charge is 0.362 e. The fraction of sp³-hybridized carbons (Fsp3) is 0. The molecule has 2 nitrogen and oxygen atoms in total. The van der Waals surface area contributed by atoms with Gasteiger partial charge in [-0.15, -0.1) is 0 Å². The minimum atomic E-state index is 1.69. The van der Waals surface area contributed by atoms with Crippen LogP contribution in [-0.2, 0) is 0 Å². The Balaban J connectivity index is 2.60. The Bertz CT molecular complexity index is 108. The minimum absolute atomic E-state index is 1.69. The molecular formula is C5H6N2+. The highest BCUT2D eigenvalue weighted by Gasteiger charge is 1.81. The second-order valence-electron chi connectivity index (χ2n) is 1.14. The summed E-state index contributed by atoms with van der Waals surface area (Å²) in [5.74, 6) is 0. The molecule has 0 fully saturated rings. The van der Waals surface area contributed by atoms with Gasteiger partial charge < -0.3 is 5.32 Å². The maximum absolute atomic E-state index is 3.82. The van der Waals surface area contributed by atoms with Crippen molar-refractivity contribution in [3.63, 3.8) is 0 Å². The third-order valence-corrected chi connectivity index (χ3v) is 0.621. The standard InChI is InChI=1S/C5H6N2/c1-2-6-4-5-7-3-1/h1-6H/q+1. The number of hydrogen-bond donors (Lipinski definition) is 1. The predicted molar refractivity (Wildman–Crippen MR) is 29.6 cm³/mol. The topological polar surface area (TPSA) is 26.1 Å². The molecular weight excluding hydrogens is 88.1 g/mol. The van der Waals surface area contributed by atoms with Gasteiger partial charge >= 0.3 is 0 Å². The van der Waals surface area contributed by atoms with E-state index in [-0.39, 0.29) is 0 Å². The fourth-order valence-electron chi connectivity index (χ4n) is 0.340. The molecule has 0 aromatic heterocycles. The molecule has 1 N–H and O–H groups in total. The third kappa shape index (κ3) is 1.22. The van der Waals surface area contributed by atoms with Gasteiger partial charge in [-0.1, -0.05) is 0 Å². The van der Waals surface area contributed by atoms with E-state index in [1.54, 1.807) is 18.6 Å². The Labute approximate surface area is 42.3 Å². The summed E-state index contributed by atoms with van der Waals surface area (Å²) in [6.45, 7) is 0. The highest BCUT2D eigenvalue weighted by Crippen LogP contribution is 1.67. The number of nitrogens with one attached hydrogen (secondary N) is 1. The molecule has 1 aliphatic rings. The minimum Gasteiger partial charge on any atom is -0.362 e. The highest BCUT2D eigenvalue weighted by molar-refractivity contribution is 5.70. The van der Waals surface area contributed by atoms with Crippen LogP contribution in [0.3, 0.4) is 0 Å². The van der Waals surface area contributed by atoms with Crippen LogP contribution in [0, 0.1) is 0 Å². The van der Waals surface area contributed by atoms with E-state index in [0.29, 0.717) is 0 Å². The molecule has 0 saturated heterocycles. The van der Waals surface area contributed by atoms with Gasteiger partial charge in [0.25, 0.3) is 6.20 Å². The summed E-state index contributed by atoms with van der Waals surface area (Å²) >= 11 is 0. The average Bonchev–Trinajstić information content (AvgIpc) is 1.90. The first-order chi connectivity index (χ1) is 3.50.